The molecule has 0 aliphatic rings. The Bertz CT molecular complexity index is 597. The van der Waals surface area contributed by atoms with Crippen molar-refractivity contribution < 1.29 is 9.90 Å². The predicted molar refractivity (Wildman–Crippen MR) is 69.4 cm³/mol. The molecule has 0 spiro atoms. The number of phenols is 1. The second kappa shape index (κ2) is 4.75. The Balaban J connectivity index is 2.28. The fourth-order valence-corrected chi connectivity index (χ4v) is 1.53. The lowest BCUT2D eigenvalue weighted by molar-refractivity contribution is 0.102. The van der Waals surface area contributed by atoms with Crippen LogP contribution in [0.3, 0.4) is 0 Å². The number of aromatic hydroxyl groups is 1. The average Bonchev–Trinajstić information content (AvgIpc) is 2.35. The van der Waals surface area contributed by atoms with Gasteiger partial charge in [0.2, 0.25) is 0 Å². The summed E-state index contributed by atoms with van der Waals surface area (Å²) in [6, 6.07) is 8.12. The number of nitrogen functional groups attached to an aromatic ring is 1. The molecule has 2 aromatic rings. The van der Waals surface area contributed by atoms with E-state index in [0.717, 1.165) is 5.56 Å². The van der Waals surface area contributed by atoms with Crippen molar-refractivity contribution in [2.24, 2.45) is 0 Å². The molecule has 0 aliphatic carbocycles. The summed E-state index contributed by atoms with van der Waals surface area (Å²) in [5, 5.41) is 12.2. The number of benzene rings is 1. The molecule has 0 saturated carbocycles. The SMILES string of the molecule is Cc1ccc(O)c(C(=O)Nc2ncccc2N)c1. The van der Waals surface area contributed by atoms with Gasteiger partial charge in [-0.2, -0.15) is 0 Å². The quantitative estimate of drug-likeness (QED) is 0.752. The molecule has 1 aromatic heterocycles. The van der Waals surface area contributed by atoms with Gasteiger partial charge >= 0.3 is 0 Å². The number of hydrogen-bond donors (Lipinski definition) is 3. The molecular weight excluding hydrogens is 230 g/mol. The highest BCUT2D eigenvalue weighted by molar-refractivity contribution is 6.06. The minimum absolute atomic E-state index is 0.0763. The van der Waals surface area contributed by atoms with Crippen molar-refractivity contribution in [3.8, 4) is 5.75 Å². The maximum Gasteiger partial charge on any atom is 0.260 e. The molecule has 92 valence electrons. The Labute approximate surface area is 104 Å². The normalized spacial score (nSPS) is 10.1. The first-order valence-electron chi connectivity index (χ1n) is 5.39. The van der Waals surface area contributed by atoms with Gasteiger partial charge in [0.05, 0.1) is 11.3 Å². The lowest BCUT2D eigenvalue weighted by atomic mass is 10.1. The first-order valence-corrected chi connectivity index (χ1v) is 5.39. The molecule has 1 heterocycles. The van der Waals surface area contributed by atoms with Gasteiger partial charge in [0.1, 0.15) is 5.75 Å². The van der Waals surface area contributed by atoms with Gasteiger partial charge in [0.25, 0.3) is 5.91 Å². The summed E-state index contributed by atoms with van der Waals surface area (Å²) >= 11 is 0. The first-order chi connectivity index (χ1) is 8.58. The van der Waals surface area contributed by atoms with Crippen molar-refractivity contribution >= 4 is 17.4 Å². The van der Waals surface area contributed by atoms with Crippen LogP contribution in [0.15, 0.2) is 36.5 Å². The summed E-state index contributed by atoms with van der Waals surface area (Å²) in [6.45, 7) is 1.84. The number of aryl methyl sites for hydroxylation is 1. The van der Waals surface area contributed by atoms with Gasteiger partial charge < -0.3 is 16.2 Å². The van der Waals surface area contributed by atoms with Crippen LogP contribution in [0.1, 0.15) is 15.9 Å². The monoisotopic (exact) mass is 243 g/mol. The molecule has 5 nitrogen and oxygen atoms in total. The molecular formula is C13H13N3O2. The second-order valence-corrected chi connectivity index (χ2v) is 3.92. The fraction of sp³-hybridized carbons (Fsp3) is 0.0769. The van der Waals surface area contributed by atoms with Crippen LogP contribution < -0.4 is 11.1 Å². The molecule has 4 N–H and O–H groups in total. The Hall–Kier alpha value is -2.56. The zero-order valence-electron chi connectivity index (χ0n) is 9.84. The van der Waals surface area contributed by atoms with E-state index in [1.54, 1.807) is 24.3 Å². The number of pyridine rings is 1. The van der Waals surface area contributed by atoms with Gasteiger partial charge in [-0.05, 0) is 31.2 Å². The van der Waals surface area contributed by atoms with E-state index in [1.165, 1.54) is 12.3 Å². The Morgan fingerprint density at radius 2 is 2.17 bits per heavy atom. The number of hydrogen-bond acceptors (Lipinski definition) is 4. The molecule has 1 aromatic carbocycles. The molecule has 0 aliphatic heterocycles. The molecule has 18 heavy (non-hydrogen) atoms. The number of carbonyl (C=O) groups excluding carboxylic acids is 1. The van der Waals surface area contributed by atoms with Crippen LogP contribution in [0.5, 0.6) is 5.75 Å². The van der Waals surface area contributed by atoms with E-state index in [0.29, 0.717) is 5.69 Å². The lowest BCUT2D eigenvalue weighted by Crippen LogP contribution is -2.14. The molecule has 0 unspecified atom stereocenters. The van der Waals surface area contributed by atoms with Crippen molar-refractivity contribution in [2.75, 3.05) is 11.1 Å². The van der Waals surface area contributed by atoms with Crippen LogP contribution in [0.4, 0.5) is 11.5 Å². The highest BCUT2D eigenvalue weighted by Crippen LogP contribution is 2.21. The summed E-state index contributed by atoms with van der Waals surface area (Å²) in [6.07, 6.45) is 1.53. The van der Waals surface area contributed by atoms with Crippen molar-refractivity contribution in [2.45, 2.75) is 6.92 Å². The van der Waals surface area contributed by atoms with Crippen molar-refractivity contribution in [1.29, 1.82) is 0 Å². The largest absolute Gasteiger partial charge is 0.507 e. The van der Waals surface area contributed by atoms with Crippen LogP contribution in [0, 0.1) is 6.92 Å². The number of nitrogens with zero attached hydrogens (tertiary/aromatic N) is 1. The molecule has 0 bridgehead atoms. The van der Waals surface area contributed by atoms with Gasteiger partial charge in [-0.3, -0.25) is 4.79 Å². The van der Waals surface area contributed by atoms with Crippen LogP contribution in [0.2, 0.25) is 0 Å². The molecule has 0 saturated heterocycles. The molecule has 5 heteroatoms. The third-order valence-electron chi connectivity index (χ3n) is 2.47. The van der Waals surface area contributed by atoms with Crippen LogP contribution in [0.25, 0.3) is 0 Å². The number of anilines is 2. The van der Waals surface area contributed by atoms with E-state index in [9.17, 15) is 9.90 Å². The molecule has 1 amide bonds. The van der Waals surface area contributed by atoms with Crippen molar-refractivity contribution in [3.63, 3.8) is 0 Å². The van der Waals surface area contributed by atoms with E-state index < -0.39 is 5.91 Å². The third-order valence-corrected chi connectivity index (χ3v) is 2.47. The number of aromatic nitrogens is 1. The summed E-state index contributed by atoms with van der Waals surface area (Å²) in [4.78, 5) is 15.9. The van der Waals surface area contributed by atoms with E-state index >= 15 is 0 Å². The number of nitrogens with one attached hydrogen (secondary N) is 1. The van der Waals surface area contributed by atoms with E-state index in [-0.39, 0.29) is 17.1 Å². The predicted octanol–water partition coefficient (Wildman–Crippen LogP) is 1.93. The molecule has 0 atom stereocenters. The second-order valence-electron chi connectivity index (χ2n) is 3.92. The Morgan fingerprint density at radius 1 is 1.39 bits per heavy atom. The van der Waals surface area contributed by atoms with Crippen LogP contribution in [-0.2, 0) is 0 Å². The highest BCUT2D eigenvalue weighted by Gasteiger charge is 2.13. The molecule has 2 rings (SSSR count). The summed E-state index contributed by atoms with van der Waals surface area (Å²) in [5.41, 5.74) is 7.12. The molecule has 0 radical (unpaired) electrons. The number of rotatable bonds is 2. The van der Waals surface area contributed by atoms with Crippen molar-refractivity contribution in [1.82, 2.24) is 4.98 Å². The van der Waals surface area contributed by atoms with Gasteiger partial charge in [-0.1, -0.05) is 11.6 Å². The van der Waals surface area contributed by atoms with Gasteiger partial charge in [0.15, 0.2) is 5.82 Å². The summed E-state index contributed by atoms with van der Waals surface area (Å²) in [5.74, 6) is -0.238. The zero-order valence-corrected chi connectivity index (χ0v) is 9.84. The summed E-state index contributed by atoms with van der Waals surface area (Å²) < 4.78 is 0. The maximum atomic E-state index is 12.0. The van der Waals surface area contributed by atoms with Gasteiger partial charge in [-0.25, -0.2) is 4.98 Å². The van der Waals surface area contributed by atoms with E-state index in [4.69, 9.17) is 5.73 Å². The van der Waals surface area contributed by atoms with Crippen molar-refractivity contribution in [3.05, 3.63) is 47.7 Å². The standard InChI is InChI=1S/C13H13N3O2/c1-8-4-5-11(17)9(7-8)13(18)16-12-10(14)3-2-6-15-12/h2-7,17H,14H2,1H3,(H,15,16,18). The Kier molecular flexibility index (Phi) is 3.14. The highest BCUT2D eigenvalue weighted by atomic mass is 16.3. The first kappa shape index (κ1) is 11.9. The lowest BCUT2D eigenvalue weighted by Gasteiger charge is -2.08. The smallest absolute Gasteiger partial charge is 0.260 e. The average molecular weight is 243 g/mol. The minimum Gasteiger partial charge on any atom is -0.507 e. The van der Waals surface area contributed by atoms with Crippen LogP contribution in [-0.4, -0.2) is 16.0 Å². The Morgan fingerprint density at radius 3 is 2.89 bits per heavy atom. The number of amides is 1. The van der Waals surface area contributed by atoms with E-state index in [2.05, 4.69) is 10.3 Å². The third kappa shape index (κ3) is 2.40. The number of phenolic OH excluding ortho intramolecular Hbond substituents is 1. The van der Waals surface area contributed by atoms with E-state index in [1.807, 2.05) is 6.92 Å². The van der Waals surface area contributed by atoms with Crippen LogP contribution >= 0.6 is 0 Å². The van der Waals surface area contributed by atoms with Gasteiger partial charge in [0, 0.05) is 6.20 Å². The molecule has 0 fully saturated rings. The topological polar surface area (TPSA) is 88.2 Å². The minimum atomic E-state index is -0.443. The zero-order chi connectivity index (χ0) is 13.1. The summed E-state index contributed by atoms with van der Waals surface area (Å²) in [7, 11) is 0. The number of nitrogens with two attached hydrogens (primary N) is 1. The fourth-order valence-electron chi connectivity index (χ4n) is 1.53. The maximum absolute atomic E-state index is 12.0. The van der Waals surface area contributed by atoms with Gasteiger partial charge in [-0.15, -0.1) is 0 Å². The number of carbonyl (C=O) groups is 1.